The molecule has 35 heavy (non-hydrogen) atoms. The van der Waals surface area contributed by atoms with Crippen LogP contribution in [0.25, 0.3) is 22.6 Å². The van der Waals surface area contributed by atoms with E-state index in [1.54, 1.807) is 0 Å². The van der Waals surface area contributed by atoms with Crippen molar-refractivity contribution in [1.82, 2.24) is 44.2 Å². The molecule has 0 unspecified atom stereocenters. The molecule has 0 aromatic carbocycles. The van der Waals surface area contributed by atoms with Gasteiger partial charge in [-0.25, -0.2) is 14.6 Å². The average Bonchev–Trinajstić information content (AvgIpc) is 3.54. The van der Waals surface area contributed by atoms with Crippen molar-refractivity contribution in [2.45, 2.75) is 46.2 Å². The fourth-order valence-corrected chi connectivity index (χ4v) is 4.70. The van der Waals surface area contributed by atoms with Crippen LogP contribution < -0.4 is 5.32 Å². The molecule has 5 heterocycles. The van der Waals surface area contributed by atoms with Gasteiger partial charge in [0.1, 0.15) is 17.2 Å². The molecule has 1 N–H and O–H groups in total. The van der Waals surface area contributed by atoms with Crippen molar-refractivity contribution in [3.8, 4) is 16.9 Å². The molecular weight excluding hydrogens is 438 g/mol. The molecule has 1 aliphatic carbocycles. The van der Waals surface area contributed by atoms with Gasteiger partial charge >= 0.3 is 0 Å². The van der Waals surface area contributed by atoms with E-state index in [-0.39, 0.29) is 0 Å². The maximum Gasteiger partial charge on any atom is 0.137 e. The molecule has 9 heteroatoms. The number of nitrogens with one attached hydrogen (secondary N) is 1. The van der Waals surface area contributed by atoms with Gasteiger partial charge in [-0.2, -0.15) is 0 Å². The molecule has 0 bridgehead atoms. The molecule has 0 amide bonds. The minimum Gasteiger partial charge on any atom is -0.312 e. The van der Waals surface area contributed by atoms with Gasteiger partial charge in [0.25, 0.3) is 0 Å². The molecule has 0 atom stereocenters. The van der Waals surface area contributed by atoms with Gasteiger partial charge in [0, 0.05) is 42.6 Å². The number of hydrogen-bond donors (Lipinski definition) is 1. The lowest BCUT2D eigenvalue weighted by Gasteiger charge is -2.25. The van der Waals surface area contributed by atoms with Gasteiger partial charge in [0.2, 0.25) is 0 Å². The normalized spacial score (nSPS) is 14.0. The highest BCUT2D eigenvalue weighted by molar-refractivity contribution is 5.60. The molecule has 0 radical (unpaired) electrons. The Hall–Kier alpha value is -3.85. The molecule has 5 aromatic heterocycles. The van der Waals surface area contributed by atoms with E-state index in [1.165, 1.54) is 24.8 Å². The quantitative estimate of drug-likeness (QED) is 0.374. The second-order valence-corrected chi connectivity index (χ2v) is 9.48. The van der Waals surface area contributed by atoms with Crippen LogP contribution in [-0.4, -0.2) is 45.5 Å². The summed E-state index contributed by atoms with van der Waals surface area (Å²) in [5.41, 5.74) is 6.86. The van der Waals surface area contributed by atoms with E-state index in [2.05, 4.69) is 65.2 Å². The number of rotatable bonds is 8. The van der Waals surface area contributed by atoms with E-state index in [0.717, 1.165) is 58.8 Å². The zero-order chi connectivity index (χ0) is 23.8. The number of fused-ring (bicyclic) bond motifs is 1. The maximum atomic E-state index is 4.76. The first-order chi connectivity index (χ1) is 17.1. The van der Waals surface area contributed by atoms with Crippen LogP contribution in [0.1, 0.15) is 42.0 Å². The highest BCUT2D eigenvalue weighted by Crippen LogP contribution is 2.25. The second kappa shape index (κ2) is 9.07. The number of hydrogen-bond acceptors (Lipinski definition) is 6. The van der Waals surface area contributed by atoms with Crippen molar-refractivity contribution in [2.24, 2.45) is 5.92 Å². The number of aromatic nitrogens is 8. The first kappa shape index (κ1) is 21.7. The summed E-state index contributed by atoms with van der Waals surface area (Å²) in [6, 6.07) is 6.29. The summed E-state index contributed by atoms with van der Waals surface area (Å²) in [7, 11) is 0. The lowest BCUT2D eigenvalue weighted by molar-refractivity contribution is 0.301. The molecule has 1 saturated carbocycles. The van der Waals surface area contributed by atoms with Crippen LogP contribution in [0, 0.1) is 19.8 Å². The summed E-state index contributed by atoms with van der Waals surface area (Å²) in [6.07, 6.45) is 15.8. The van der Waals surface area contributed by atoms with Gasteiger partial charge in [-0.3, -0.25) is 9.55 Å². The number of aryl methyl sites for hydroxylation is 2. The highest BCUT2D eigenvalue weighted by atomic mass is 15.4. The Balaban J connectivity index is 1.16. The first-order valence-electron chi connectivity index (χ1n) is 12.2. The van der Waals surface area contributed by atoms with E-state index >= 15 is 0 Å². The van der Waals surface area contributed by atoms with E-state index in [9.17, 15) is 0 Å². The lowest BCUT2D eigenvalue weighted by atomic mass is 9.85. The fraction of sp³-hybridized carbons (Fsp3) is 0.346. The number of pyridine rings is 2. The van der Waals surface area contributed by atoms with E-state index in [4.69, 9.17) is 4.98 Å². The summed E-state index contributed by atoms with van der Waals surface area (Å²) in [5.74, 6) is 1.79. The fourth-order valence-electron chi connectivity index (χ4n) is 4.70. The first-order valence-corrected chi connectivity index (χ1v) is 12.2. The van der Waals surface area contributed by atoms with Gasteiger partial charge in [-0.05, 0) is 56.8 Å². The molecule has 1 aliphatic rings. The second-order valence-electron chi connectivity index (χ2n) is 9.48. The Labute approximate surface area is 203 Å². The summed E-state index contributed by atoms with van der Waals surface area (Å²) in [6.45, 7) is 6.57. The number of imidazole rings is 2. The van der Waals surface area contributed by atoms with Crippen molar-refractivity contribution in [2.75, 3.05) is 6.54 Å². The Bertz CT molecular complexity index is 1450. The average molecular weight is 468 g/mol. The van der Waals surface area contributed by atoms with Gasteiger partial charge in [0.15, 0.2) is 0 Å². The molecule has 5 aromatic rings. The molecule has 1 fully saturated rings. The lowest BCUT2D eigenvalue weighted by Crippen LogP contribution is -2.26. The van der Waals surface area contributed by atoms with E-state index in [1.807, 2.05) is 43.3 Å². The molecule has 178 valence electrons. The zero-order valence-corrected chi connectivity index (χ0v) is 20.1. The summed E-state index contributed by atoms with van der Waals surface area (Å²) < 4.78 is 5.99. The molecular formula is C26H29N9. The van der Waals surface area contributed by atoms with Gasteiger partial charge in [0.05, 0.1) is 30.3 Å². The van der Waals surface area contributed by atoms with Crippen LogP contribution in [0.3, 0.4) is 0 Å². The summed E-state index contributed by atoms with van der Waals surface area (Å²) in [5, 5.41) is 12.3. The Morgan fingerprint density at radius 3 is 2.77 bits per heavy atom. The molecule has 0 saturated heterocycles. The monoisotopic (exact) mass is 467 g/mol. The maximum absolute atomic E-state index is 4.76. The van der Waals surface area contributed by atoms with Crippen LogP contribution in [0.4, 0.5) is 0 Å². The third kappa shape index (κ3) is 4.46. The molecule has 9 nitrogen and oxygen atoms in total. The van der Waals surface area contributed by atoms with Crippen molar-refractivity contribution >= 4 is 5.65 Å². The van der Waals surface area contributed by atoms with Crippen LogP contribution >= 0.6 is 0 Å². The SMILES string of the molecule is Cc1cnc(C)n1-c1cncc(-c2cn(Cc3cn4cc(CNCC5CCC5)ccc4n3)nn2)c1. The van der Waals surface area contributed by atoms with Crippen LogP contribution in [-0.2, 0) is 13.1 Å². The summed E-state index contributed by atoms with van der Waals surface area (Å²) >= 11 is 0. The zero-order valence-electron chi connectivity index (χ0n) is 20.1. The van der Waals surface area contributed by atoms with Crippen molar-refractivity contribution in [3.63, 3.8) is 0 Å². The largest absolute Gasteiger partial charge is 0.312 e. The topological polar surface area (TPSA) is 90.8 Å². The Morgan fingerprint density at radius 1 is 1.06 bits per heavy atom. The van der Waals surface area contributed by atoms with Crippen LogP contribution in [0.2, 0.25) is 0 Å². The minimum absolute atomic E-state index is 0.552. The highest BCUT2D eigenvalue weighted by Gasteiger charge is 2.16. The van der Waals surface area contributed by atoms with Crippen molar-refractivity contribution in [3.05, 3.63) is 78.2 Å². The van der Waals surface area contributed by atoms with Gasteiger partial charge < -0.3 is 9.72 Å². The Kier molecular flexibility index (Phi) is 5.61. The van der Waals surface area contributed by atoms with Gasteiger partial charge in [-0.15, -0.1) is 5.10 Å². The summed E-state index contributed by atoms with van der Waals surface area (Å²) in [4.78, 5) is 13.6. The molecule has 6 rings (SSSR count). The van der Waals surface area contributed by atoms with Crippen LogP contribution in [0.15, 0.2) is 55.4 Å². The minimum atomic E-state index is 0.552. The third-order valence-corrected chi connectivity index (χ3v) is 6.80. The molecule has 0 aliphatic heterocycles. The predicted octanol–water partition coefficient (Wildman–Crippen LogP) is 3.73. The Morgan fingerprint density at radius 2 is 1.97 bits per heavy atom. The number of nitrogens with zero attached hydrogens (tertiary/aromatic N) is 8. The van der Waals surface area contributed by atoms with E-state index in [0.29, 0.717) is 6.54 Å². The van der Waals surface area contributed by atoms with Crippen molar-refractivity contribution < 1.29 is 0 Å². The molecule has 0 spiro atoms. The smallest absolute Gasteiger partial charge is 0.137 e. The van der Waals surface area contributed by atoms with Crippen LogP contribution in [0.5, 0.6) is 0 Å². The predicted molar refractivity (Wildman–Crippen MR) is 133 cm³/mol. The van der Waals surface area contributed by atoms with E-state index < -0.39 is 0 Å². The standard InChI is InChI=1S/C26H29N9/c1-18-9-29-19(2)35(18)24-8-22(12-28-13-24)25-17-34(32-31-25)16-23-15-33-14-21(6-7-26(33)30-23)11-27-10-20-4-3-5-20/h6-9,12-15,17,20,27H,3-5,10-11,16H2,1-2H3. The third-order valence-electron chi connectivity index (χ3n) is 6.80. The van der Waals surface area contributed by atoms with Gasteiger partial charge in [-0.1, -0.05) is 17.7 Å². The van der Waals surface area contributed by atoms with Crippen molar-refractivity contribution in [1.29, 1.82) is 0 Å².